The summed E-state index contributed by atoms with van der Waals surface area (Å²) in [7, 11) is 0. The third-order valence-corrected chi connectivity index (χ3v) is 3.93. The van der Waals surface area contributed by atoms with Crippen LogP contribution in [0.5, 0.6) is 5.75 Å². The summed E-state index contributed by atoms with van der Waals surface area (Å²) in [6.45, 7) is 0.0313. The SMILES string of the molecule is O=C(O)c1nc(COc2cccc([N+](=O)[O-])c2Br)cs1. The number of nitrogens with zero attached hydrogens (tertiary/aromatic N) is 2. The average molecular weight is 359 g/mol. The summed E-state index contributed by atoms with van der Waals surface area (Å²) >= 11 is 4.10. The molecule has 0 bridgehead atoms. The zero-order valence-electron chi connectivity index (χ0n) is 9.78. The molecule has 0 radical (unpaired) electrons. The van der Waals surface area contributed by atoms with Gasteiger partial charge in [0.1, 0.15) is 16.8 Å². The number of benzene rings is 1. The lowest BCUT2D eigenvalue weighted by molar-refractivity contribution is -0.385. The van der Waals surface area contributed by atoms with E-state index in [2.05, 4.69) is 20.9 Å². The molecular formula is C11H7BrN2O5S. The number of thiazole rings is 1. The molecule has 0 unspecified atom stereocenters. The topological polar surface area (TPSA) is 103 Å². The van der Waals surface area contributed by atoms with Crippen LogP contribution in [0.15, 0.2) is 28.1 Å². The van der Waals surface area contributed by atoms with Crippen molar-refractivity contribution < 1.29 is 19.6 Å². The summed E-state index contributed by atoms with van der Waals surface area (Å²) in [6.07, 6.45) is 0. The van der Waals surface area contributed by atoms with E-state index in [1.54, 1.807) is 11.4 Å². The molecule has 104 valence electrons. The Kier molecular flexibility index (Phi) is 4.30. The molecule has 1 heterocycles. The van der Waals surface area contributed by atoms with Crippen LogP contribution in [0.1, 0.15) is 15.5 Å². The lowest BCUT2D eigenvalue weighted by Gasteiger charge is -2.06. The fourth-order valence-corrected chi connectivity index (χ4v) is 2.54. The van der Waals surface area contributed by atoms with Crippen molar-refractivity contribution >= 4 is 38.9 Å². The Morgan fingerprint density at radius 3 is 2.90 bits per heavy atom. The molecule has 1 N–H and O–H groups in total. The van der Waals surface area contributed by atoms with Gasteiger partial charge in [0.2, 0.25) is 5.01 Å². The number of carboxylic acids is 1. The van der Waals surface area contributed by atoms with E-state index in [1.807, 2.05) is 0 Å². The summed E-state index contributed by atoms with van der Waals surface area (Å²) in [5, 5.41) is 21.1. The molecule has 0 saturated heterocycles. The van der Waals surface area contributed by atoms with Gasteiger partial charge in [0.25, 0.3) is 5.69 Å². The van der Waals surface area contributed by atoms with E-state index in [9.17, 15) is 14.9 Å². The monoisotopic (exact) mass is 358 g/mol. The lowest BCUT2D eigenvalue weighted by Crippen LogP contribution is -2.00. The van der Waals surface area contributed by atoms with Crippen LogP contribution in [0.2, 0.25) is 0 Å². The number of hydrogen-bond acceptors (Lipinski definition) is 6. The maximum absolute atomic E-state index is 10.8. The molecule has 7 nitrogen and oxygen atoms in total. The first-order valence-corrected chi connectivity index (χ1v) is 6.89. The maximum atomic E-state index is 10.8. The van der Waals surface area contributed by atoms with Gasteiger partial charge in [-0.15, -0.1) is 11.3 Å². The number of aromatic carboxylic acids is 1. The van der Waals surface area contributed by atoms with Crippen LogP contribution in [0.25, 0.3) is 0 Å². The number of halogens is 1. The molecule has 0 aliphatic heterocycles. The van der Waals surface area contributed by atoms with Crippen molar-refractivity contribution in [1.29, 1.82) is 0 Å². The second kappa shape index (κ2) is 5.97. The van der Waals surface area contributed by atoms with Crippen LogP contribution in [-0.2, 0) is 6.61 Å². The van der Waals surface area contributed by atoms with Gasteiger partial charge in [-0.2, -0.15) is 0 Å². The number of aromatic nitrogens is 1. The highest BCUT2D eigenvalue weighted by molar-refractivity contribution is 9.10. The second-order valence-corrected chi connectivity index (χ2v) is 5.24. The second-order valence-electron chi connectivity index (χ2n) is 3.58. The van der Waals surface area contributed by atoms with Crippen LogP contribution in [0.4, 0.5) is 5.69 Å². The normalized spacial score (nSPS) is 10.2. The van der Waals surface area contributed by atoms with Crippen LogP contribution < -0.4 is 4.74 Å². The number of carbonyl (C=O) groups is 1. The molecule has 0 saturated carbocycles. The number of hydrogen-bond donors (Lipinski definition) is 1. The van der Waals surface area contributed by atoms with E-state index in [4.69, 9.17) is 9.84 Å². The fraction of sp³-hybridized carbons (Fsp3) is 0.0909. The highest BCUT2D eigenvalue weighted by Gasteiger charge is 2.16. The molecule has 0 spiro atoms. The van der Waals surface area contributed by atoms with Gasteiger partial charge in [-0.05, 0) is 22.0 Å². The van der Waals surface area contributed by atoms with Crippen molar-refractivity contribution in [2.24, 2.45) is 0 Å². The first-order valence-electron chi connectivity index (χ1n) is 5.22. The summed E-state index contributed by atoms with van der Waals surface area (Å²) < 4.78 is 5.64. The first kappa shape index (κ1) is 14.4. The highest BCUT2D eigenvalue weighted by Crippen LogP contribution is 2.34. The number of ether oxygens (including phenoxy) is 1. The number of rotatable bonds is 5. The van der Waals surface area contributed by atoms with E-state index < -0.39 is 10.9 Å². The molecule has 1 aromatic carbocycles. The lowest BCUT2D eigenvalue weighted by atomic mass is 10.3. The molecule has 2 rings (SSSR count). The minimum atomic E-state index is -1.10. The van der Waals surface area contributed by atoms with Crippen LogP contribution in [0.3, 0.4) is 0 Å². The Morgan fingerprint density at radius 1 is 1.55 bits per heavy atom. The van der Waals surface area contributed by atoms with E-state index >= 15 is 0 Å². The molecule has 20 heavy (non-hydrogen) atoms. The molecular weight excluding hydrogens is 352 g/mol. The van der Waals surface area contributed by atoms with Crippen molar-refractivity contribution in [3.8, 4) is 5.75 Å². The summed E-state index contributed by atoms with van der Waals surface area (Å²) in [5.74, 6) is -0.804. The molecule has 0 fully saturated rings. The number of nitro groups is 1. The largest absolute Gasteiger partial charge is 0.486 e. The van der Waals surface area contributed by atoms with Gasteiger partial charge >= 0.3 is 5.97 Å². The molecule has 2 aromatic rings. The summed E-state index contributed by atoms with van der Waals surface area (Å²) in [4.78, 5) is 24.8. The van der Waals surface area contributed by atoms with Crippen LogP contribution in [-0.4, -0.2) is 21.0 Å². The summed E-state index contributed by atoms with van der Waals surface area (Å²) in [6, 6.07) is 4.42. The number of nitro benzene ring substituents is 1. The third-order valence-electron chi connectivity index (χ3n) is 2.25. The first-order chi connectivity index (χ1) is 9.49. The molecule has 1 aromatic heterocycles. The molecule has 0 atom stereocenters. The quantitative estimate of drug-likeness (QED) is 0.650. The van der Waals surface area contributed by atoms with Crippen molar-refractivity contribution in [1.82, 2.24) is 4.98 Å². The van der Waals surface area contributed by atoms with Crippen LogP contribution in [0, 0.1) is 10.1 Å². The van der Waals surface area contributed by atoms with Gasteiger partial charge in [0, 0.05) is 11.4 Å². The molecule has 0 amide bonds. The summed E-state index contributed by atoms with van der Waals surface area (Å²) in [5.41, 5.74) is 0.345. The minimum absolute atomic E-state index is 0.0262. The minimum Gasteiger partial charge on any atom is -0.486 e. The highest BCUT2D eigenvalue weighted by atomic mass is 79.9. The van der Waals surface area contributed by atoms with E-state index in [0.717, 1.165) is 11.3 Å². The molecule has 0 aliphatic carbocycles. The van der Waals surface area contributed by atoms with Crippen molar-refractivity contribution in [2.45, 2.75) is 6.61 Å². The Morgan fingerprint density at radius 2 is 2.30 bits per heavy atom. The van der Waals surface area contributed by atoms with E-state index in [-0.39, 0.29) is 21.8 Å². The predicted octanol–water partition coefficient (Wildman–Crippen LogP) is 3.09. The average Bonchev–Trinajstić information content (AvgIpc) is 2.86. The van der Waals surface area contributed by atoms with Crippen molar-refractivity contribution in [3.63, 3.8) is 0 Å². The molecule has 9 heteroatoms. The Labute approximate surface area is 125 Å². The van der Waals surface area contributed by atoms with E-state index in [0.29, 0.717) is 11.4 Å². The van der Waals surface area contributed by atoms with Gasteiger partial charge < -0.3 is 9.84 Å². The Bertz CT molecular complexity index is 673. The number of carboxylic acid groups (broad SMARTS) is 1. The van der Waals surface area contributed by atoms with Crippen molar-refractivity contribution in [3.05, 3.63) is 48.9 Å². The molecule has 0 aliphatic rings. The fourth-order valence-electron chi connectivity index (χ4n) is 1.37. The predicted molar refractivity (Wildman–Crippen MR) is 74.2 cm³/mol. The van der Waals surface area contributed by atoms with Crippen LogP contribution >= 0.6 is 27.3 Å². The van der Waals surface area contributed by atoms with E-state index in [1.165, 1.54) is 12.1 Å². The van der Waals surface area contributed by atoms with Gasteiger partial charge in [-0.1, -0.05) is 6.07 Å². The van der Waals surface area contributed by atoms with Gasteiger partial charge in [-0.25, -0.2) is 9.78 Å². The standard InChI is InChI=1S/C11H7BrN2O5S/c12-9-7(14(17)18)2-1-3-8(9)19-4-6-5-20-10(13-6)11(15)16/h1-3,5H,4H2,(H,15,16). The van der Waals surface area contributed by atoms with Crippen molar-refractivity contribution in [2.75, 3.05) is 0 Å². The van der Waals surface area contributed by atoms with Gasteiger partial charge in [0.15, 0.2) is 0 Å². The Hall–Kier alpha value is -2.00. The van der Waals surface area contributed by atoms with Gasteiger partial charge in [-0.3, -0.25) is 10.1 Å². The zero-order chi connectivity index (χ0) is 14.7. The van der Waals surface area contributed by atoms with Gasteiger partial charge in [0.05, 0.1) is 10.6 Å². The third kappa shape index (κ3) is 3.11. The Balaban J connectivity index is 2.12. The maximum Gasteiger partial charge on any atom is 0.365 e. The smallest absolute Gasteiger partial charge is 0.365 e. The zero-order valence-corrected chi connectivity index (χ0v) is 12.2.